The van der Waals surface area contributed by atoms with Crippen molar-refractivity contribution >= 4 is 6.09 Å². The number of nitrogens with zero attached hydrogens (tertiary/aromatic N) is 1. The van der Waals surface area contributed by atoms with Gasteiger partial charge >= 0.3 is 6.09 Å². The second-order valence-electron chi connectivity index (χ2n) is 6.01. The van der Waals surface area contributed by atoms with E-state index in [1.807, 2.05) is 42.5 Å². The molecule has 0 bridgehead atoms. The maximum atomic E-state index is 14.0. The highest BCUT2D eigenvalue weighted by atomic mass is 19.1. The second kappa shape index (κ2) is 8.15. The van der Waals surface area contributed by atoms with Gasteiger partial charge in [-0.3, -0.25) is 0 Å². The third-order valence-corrected chi connectivity index (χ3v) is 4.23. The Morgan fingerprint density at radius 2 is 1.81 bits per heavy atom. The lowest BCUT2D eigenvalue weighted by molar-refractivity contribution is 0.210. The summed E-state index contributed by atoms with van der Waals surface area (Å²) >= 11 is 0. The third-order valence-electron chi connectivity index (χ3n) is 4.23. The highest BCUT2D eigenvalue weighted by Gasteiger charge is 2.15. The summed E-state index contributed by atoms with van der Waals surface area (Å²) in [5, 5.41) is 8.90. The monoisotopic (exact) mass is 360 g/mol. The number of halogens is 1. The normalized spacial score (nSPS) is 10.2. The molecule has 134 valence electrons. The van der Waals surface area contributed by atoms with E-state index in [1.165, 1.54) is 12.1 Å². The van der Waals surface area contributed by atoms with E-state index in [-0.39, 0.29) is 5.56 Å². The zero-order valence-corrected chi connectivity index (χ0v) is 14.5. The summed E-state index contributed by atoms with van der Waals surface area (Å²) in [6.45, 7) is 0. The van der Waals surface area contributed by atoms with Crippen LogP contribution >= 0.6 is 0 Å². The van der Waals surface area contributed by atoms with Gasteiger partial charge in [-0.1, -0.05) is 54.6 Å². The largest absolute Gasteiger partial charge is 0.410 e. The number of hydrogen-bond donors (Lipinski definition) is 1. The molecule has 5 heteroatoms. The number of nitrogens with two attached hydrogens (primary N) is 1. The fourth-order valence-corrected chi connectivity index (χ4v) is 2.93. The lowest BCUT2D eigenvalue weighted by atomic mass is 9.97. The van der Waals surface area contributed by atoms with Gasteiger partial charge in [0.25, 0.3) is 0 Å². The highest BCUT2D eigenvalue weighted by Crippen LogP contribution is 2.35. The molecule has 3 aromatic rings. The summed E-state index contributed by atoms with van der Waals surface area (Å²) in [4.78, 5) is 11.4. The minimum atomic E-state index is -0.933. The van der Waals surface area contributed by atoms with E-state index < -0.39 is 11.9 Å². The van der Waals surface area contributed by atoms with Crippen molar-refractivity contribution in [2.45, 2.75) is 12.8 Å². The first kappa shape index (κ1) is 18.2. The van der Waals surface area contributed by atoms with Crippen molar-refractivity contribution < 1.29 is 13.9 Å². The standard InChI is InChI=1S/C22H17FN2O2/c23-20-13-17(11-12-18(20)14-24)19-8-4-7-16(21(19)27-22(25)26)10-9-15-5-2-1-3-6-15/h1-8,11-13H,9-10H2,(H2,25,26). The fourth-order valence-electron chi connectivity index (χ4n) is 2.93. The maximum Gasteiger partial charge on any atom is 0.409 e. The Bertz CT molecular complexity index is 1010. The number of rotatable bonds is 5. The van der Waals surface area contributed by atoms with E-state index in [1.54, 1.807) is 18.2 Å². The minimum Gasteiger partial charge on any atom is -0.410 e. The summed E-state index contributed by atoms with van der Waals surface area (Å²) in [5.74, 6) is -0.320. The molecule has 1 amide bonds. The lowest BCUT2D eigenvalue weighted by Gasteiger charge is -2.14. The van der Waals surface area contributed by atoms with Crippen molar-refractivity contribution in [2.24, 2.45) is 5.73 Å². The molecular weight excluding hydrogens is 343 g/mol. The lowest BCUT2D eigenvalue weighted by Crippen LogP contribution is -2.18. The predicted molar refractivity (Wildman–Crippen MR) is 101 cm³/mol. The molecule has 0 aliphatic carbocycles. The number of ether oxygens (including phenoxy) is 1. The Balaban J connectivity index is 2.00. The highest BCUT2D eigenvalue weighted by molar-refractivity contribution is 5.78. The molecule has 0 aliphatic heterocycles. The number of para-hydroxylation sites is 1. The van der Waals surface area contributed by atoms with Gasteiger partial charge in [-0.25, -0.2) is 9.18 Å². The number of benzene rings is 3. The van der Waals surface area contributed by atoms with Gasteiger partial charge in [0, 0.05) is 5.56 Å². The average Bonchev–Trinajstić information content (AvgIpc) is 2.67. The molecule has 4 nitrogen and oxygen atoms in total. The Labute approximate surface area is 156 Å². The van der Waals surface area contributed by atoms with Gasteiger partial charge in [0.2, 0.25) is 0 Å². The van der Waals surface area contributed by atoms with Crippen LogP contribution < -0.4 is 10.5 Å². The molecule has 0 fully saturated rings. The molecule has 2 N–H and O–H groups in total. The Kier molecular flexibility index (Phi) is 5.48. The molecule has 27 heavy (non-hydrogen) atoms. The smallest absolute Gasteiger partial charge is 0.409 e. The number of nitriles is 1. The molecule has 0 heterocycles. The molecule has 3 rings (SSSR count). The van der Waals surface area contributed by atoms with Gasteiger partial charge in [-0.15, -0.1) is 0 Å². The van der Waals surface area contributed by atoms with E-state index in [2.05, 4.69) is 0 Å². The van der Waals surface area contributed by atoms with Crippen LogP contribution in [0.5, 0.6) is 5.75 Å². The van der Waals surface area contributed by atoms with Gasteiger partial charge < -0.3 is 10.5 Å². The first-order valence-corrected chi connectivity index (χ1v) is 8.41. The summed E-state index contributed by atoms with van der Waals surface area (Å²) < 4.78 is 19.3. The quantitative estimate of drug-likeness (QED) is 0.722. The molecule has 0 saturated carbocycles. The SMILES string of the molecule is N#Cc1ccc(-c2cccc(CCc3ccccc3)c2OC(N)=O)cc1F. The van der Waals surface area contributed by atoms with E-state index in [0.29, 0.717) is 23.3 Å². The molecular formula is C22H17FN2O2. The van der Waals surface area contributed by atoms with Gasteiger partial charge in [0.1, 0.15) is 17.6 Å². The Hall–Kier alpha value is -3.65. The molecule has 0 saturated heterocycles. The summed E-state index contributed by atoms with van der Waals surface area (Å²) in [7, 11) is 0. The van der Waals surface area contributed by atoms with Crippen LogP contribution in [0.1, 0.15) is 16.7 Å². The number of carbonyl (C=O) groups excluding carboxylic acids is 1. The van der Waals surface area contributed by atoms with Crippen LogP contribution in [0.25, 0.3) is 11.1 Å². The number of primary amides is 1. The van der Waals surface area contributed by atoms with Crippen LogP contribution in [0, 0.1) is 17.1 Å². The van der Waals surface area contributed by atoms with Gasteiger partial charge in [0.15, 0.2) is 0 Å². The third kappa shape index (κ3) is 4.31. The van der Waals surface area contributed by atoms with Gasteiger partial charge in [0.05, 0.1) is 5.56 Å². The first-order valence-electron chi connectivity index (χ1n) is 8.41. The first-order chi connectivity index (χ1) is 13.1. The zero-order chi connectivity index (χ0) is 19.2. The average molecular weight is 360 g/mol. The Morgan fingerprint density at radius 1 is 1.04 bits per heavy atom. The van der Waals surface area contributed by atoms with Crippen LogP contribution in [0.2, 0.25) is 0 Å². The van der Waals surface area contributed by atoms with Crippen molar-refractivity contribution in [2.75, 3.05) is 0 Å². The minimum absolute atomic E-state index is 0.0450. The topological polar surface area (TPSA) is 76.1 Å². The van der Waals surface area contributed by atoms with Crippen LogP contribution in [0.4, 0.5) is 9.18 Å². The molecule has 0 aromatic heterocycles. The van der Waals surface area contributed by atoms with Crippen LogP contribution in [0.15, 0.2) is 66.7 Å². The molecule has 0 radical (unpaired) electrons. The fraction of sp³-hybridized carbons (Fsp3) is 0.0909. The van der Waals surface area contributed by atoms with Crippen molar-refractivity contribution in [1.29, 1.82) is 5.26 Å². The van der Waals surface area contributed by atoms with E-state index in [0.717, 1.165) is 17.5 Å². The second-order valence-corrected chi connectivity index (χ2v) is 6.01. The number of amides is 1. The summed E-state index contributed by atoms with van der Waals surface area (Å²) in [6.07, 6.45) is 0.443. The maximum absolute atomic E-state index is 14.0. The van der Waals surface area contributed by atoms with Gasteiger partial charge in [-0.05, 0) is 41.7 Å². The van der Waals surface area contributed by atoms with Crippen LogP contribution in [-0.2, 0) is 12.8 Å². The predicted octanol–water partition coefficient (Wildman–Crippen LogP) is 4.61. The van der Waals surface area contributed by atoms with Gasteiger partial charge in [-0.2, -0.15) is 5.26 Å². The zero-order valence-electron chi connectivity index (χ0n) is 14.5. The molecule has 0 spiro atoms. The van der Waals surface area contributed by atoms with E-state index in [4.69, 9.17) is 15.7 Å². The Morgan fingerprint density at radius 3 is 2.48 bits per heavy atom. The molecule has 3 aromatic carbocycles. The molecule has 0 aliphatic rings. The summed E-state index contributed by atoms with van der Waals surface area (Å²) in [5.41, 5.74) is 8.19. The van der Waals surface area contributed by atoms with Crippen molar-refractivity contribution in [3.05, 3.63) is 89.2 Å². The van der Waals surface area contributed by atoms with E-state index >= 15 is 0 Å². The van der Waals surface area contributed by atoms with Crippen LogP contribution in [0.3, 0.4) is 0 Å². The molecule has 0 atom stereocenters. The van der Waals surface area contributed by atoms with Crippen molar-refractivity contribution in [1.82, 2.24) is 0 Å². The number of carbonyl (C=O) groups is 1. The number of aryl methyl sites for hydroxylation is 2. The van der Waals surface area contributed by atoms with Crippen LogP contribution in [-0.4, -0.2) is 6.09 Å². The van der Waals surface area contributed by atoms with E-state index in [9.17, 15) is 9.18 Å². The molecule has 0 unspecified atom stereocenters. The summed E-state index contributed by atoms with van der Waals surface area (Å²) in [6, 6.07) is 21.4. The van der Waals surface area contributed by atoms with Crippen molar-refractivity contribution in [3.63, 3.8) is 0 Å². The number of hydrogen-bond acceptors (Lipinski definition) is 3. The van der Waals surface area contributed by atoms with Crippen molar-refractivity contribution in [3.8, 4) is 22.9 Å².